The largest absolute Gasteiger partial charge is 0.478 e. The van der Waals surface area contributed by atoms with Crippen molar-refractivity contribution >= 4 is 23.9 Å². The molecule has 6 heteroatoms. The average molecular weight is 389 g/mol. The lowest BCUT2D eigenvalue weighted by atomic mass is 9.98. The fraction of sp³-hybridized carbons (Fsp3) is 0.500. The van der Waals surface area contributed by atoms with Crippen LogP contribution in [0.2, 0.25) is 0 Å². The van der Waals surface area contributed by atoms with Gasteiger partial charge in [0, 0.05) is 18.2 Å². The van der Waals surface area contributed by atoms with E-state index in [9.17, 15) is 14.4 Å². The van der Waals surface area contributed by atoms with Crippen molar-refractivity contribution in [1.82, 2.24) is 5.32 Å². The second-order valence-electron chi connectivity index (χ2n) is 6.72. The molecule has 1 atom stereocenters. The normalized spacial score (nSPS) is 12.1. The molecule has 1 aromatic carbocycles. The van der Waals surface area contributed by atoms with Crippen LogP contribution in [0.4, 0.5) is 0 Å². The number of hydrogen-bond donors (Lipinski definition) is 2. The highest BCUT2D eigenvalue weighted by Crippen LogP contribution is 2.24. The minimum atomic E-state index is -1.03. The maximum Gasteiger partial charge on any atom is 0.328 e. The molecule has 0 fully saturated rings. The molecule has 0 saturated carbocycles. The number of nitrogens with one attached hydrogen (secondary N) is 1. The lowest BCUT2D eigenvalue weighted by molar-refractivity contribution is -0.161. The van der Waals surface area contributed by atoms with Crippen molar-refractivity contribution in [1.29, 1.82) is 0 Å². The van der Waals surface area contributed by atoms with Gasteiger partial charge in [-0.25, -0.2) is 4.79 Å². The maximum absolute atomic E-state index is 12.7. The van der Waals surface area contributed by atoms with E-state index < -0.39 is 12.1 Å². The van der Waals surface area contributed by atoms with E-state index in [2.05, 4.69) is 5.32 Å². The number of amides is 1. The topological polar surface area (TPSA) is 92.7 Å². The van der Waals surface area contributed by atoms with Gasteiger partial charge in [0.05, 0.1) is 5.92 Å². The fourth-order valence-corrected chi connectivity index (χ4v) is 2.85. The van der Waals surface area contributed by atoms with Crippen LogP contribution in [0.3, 0.4) is 0 Å². The van der Waals surface area contributed by atoms with E-state index in [0.29, 0.717) is 17.7 Å². The number of carboxylic acids is 1. The number of carbonyl (C=O) groups is 3. The zero-order valence-corrected chi connectivity index (χ0v) is 16.9. The first-order valence-corrected chi connectivity index (χ1v) is 9.92. The smallest absolute Gasteiger partial charge is 0.328 e. The number of esters is 1. The number of benzene rings is 1. The molecule has 0 bridgehead atoms. The standard InChI is InChI=1S/C22H31NO5/c1-4-7-18(8-5-2)22(27)28-20(21(26)23-15-6-3)17-12-9-16(10-13-17)11-14-19(24)25/h9-14,18,20H,4-8,15H2,1-3H3,(H,23,26)(H,24,25)/b14-11+. The SMILES string of the molecule is CCCNC(=O)C(OC(=O)C(CCC)CCC)c1ccc(/C=C/C(=O)O)cc1. The predicted molar refractivity (Wildman–Crippen MR) is 109 cm³/mol. The van der Waals surface area contributed by atoms with E-state index in [-0.39, 0.29) is 17.8 Å². The molecule has 1 amide bonds. The Hall–Kier alpha value is -2.63. The van der Waals surface area contributed by atoms with Crippen molar-refractivity contribution in [3.63, 3.8) is 0 Å². The van der Waals surface area contributed by atoms with Gasteiger partial charge in [-0.1, -0.05) is 57.9 Å². The predicted octanol–water partition coefficient (Wildman–Crippen LogP) is 4.11. The Balaban J connectivity index is 3.03. The number of hydrogen-bond acceptors (Lipinski definition) is 4. The molecule has 6 nitrogen and oxygen atoms in total. The van der Waals surface area contributed by atoms with Crippen LogP contribution in [-0.4, -0.2) is 29.5 Å². The van der Waals surface area contributed by atoms with Gasteiger partial charge in [-0.05, 0) is 30.9 Å². The van der Waals surface area contributed by atoms with E-state index in [4.69, 9.17) is 9.84 Å². The summed E-state index contributed by atoms with van der Waals surface area (Å²) in [5, 5.41) is 11.5. The van der Waals surface area contributed by atoms with Gasteiger partial charge in [0.15, 0.2) is 0 Å². The Morgan fingerprint density at radius 1 is 1.04 bits per heavy atom. The van der Waals surface area contributed by atoms with Crippen LogP contribution in [0.1, 0.15) is 70.1 Å². The van der Waals surface area contributed by atoms with E-state index in [1.54, 1.807) is 24.3 Å². The van der Waals surface area contributed by atoms with Gasteiger partial charge in [-0.3, -0.25) is 9.59 Å². The number of rotatable bonds is 12. The third-order valence-corrected chi connectivity index (χ3v) is 4.29. The Kier molecular flexibility index (Phi) is 10.6. The number of aliphatic carboxylic acids is 1. The molecule has 1 rings (SSSR count). The van der Waals surface area contributed by atoms with Crippen molar-refractivity contribution < 1.29 is 24.2 Å². The van der Waals surface area contributed by atoms with E-state index >= 15 is 0 Å². The highest BCUT2D eigenvalue weighted by atomic mass is 16.5. The summed E-state index contributed by atoms with van der Waals surface area (Å²) in [4.78, 5) is 35.9. The van der Waals surface area contributed by atoms with E-state index in [1.807, 2.05) is 20.8 Å². The lowest BCUT2D eigenvalue weighted by Gasteiger charge is -2.21. The Bertz CT molecular complexity index is 660. The Morgan fingerprint density at radius 3 is 2.14 bits per heavy atom. The molecule has 1 aromatic rings. The fourth-order valence-electron chi connectivity index (χ4n) is 2.85. The molecule has 154 valence electrons. The van der Waals surface area contributed by atoms with Crippen LogP contribution < -0.4 is 5.32 Å². The van der Waals surface area contributed by atoms with Crippen LogP contribution in [0.25, 0.3) is 6.08 Å². The highest BCUT2D eigenvalue weighted by molar-refractivity contribution is 5.86. The van der Waals surface area contributed by atoms with Gasteiger partial charge in [0.1, 0.15) is 0 Å². The van der Waals surface area contributed by atoms with Gasteiger partial charge in [-0.2, -0.15) is 0 Å². The summed E-state index contributed by atoms with van der Waals surface area (Å²) in [7, 11) is 0. The second kappa shape index (κ2) is 12.7. The number of carbonyl (C=O) groups excluding carboxylic acids is 2. The summed E-state index contributed by atoms with van der Waals surface area (Å²) in [6, 6.07) is 6.75. The molecule has 2 N–H and O–H groups in total. The van der Waals surface area contributed by atoms with Gasteiger partial charge < -0.3 is 15.2 Å². The van der Waals surface area contributed by atoms with Gasteiger partial charge in [0.25, 0.3) is 5.91 Å². The molecule has 0 aliphatic rings. The number of ether oxygens (including phenoxy) is 1. The zero-order chi connectivity index (χ0) is 20.9. The third kappa shape index (κ3) is 7.94. The van der Waals surface area contributed by atoms with Crippen LogP contribution in [-0.2, 0) is 19.1 Å². The van der Waals surface area contributed by atoms with Crippen molar-refractivity contribution in [3.8, 4) is 0 Å². The van der Waals surface area contributed by atoms with Gasteiger partial charge in [0.2, 0.25) is 6.10 Å². The molecule has 0 aliphatic carbocycles. The minimum Gasteiger partial charge on any atom is -0.478 e. The van der Waals surface area contributed by atoms with Crippen molar-refractivity contribution in [2.45, 2.75) is 59.0 Å². The van der Waals surface area contributed by atoms with Crippen LogP contribution in [0.15, 0.2) is 30.3 Å². The van der Waals surface area contributed by atoms with Gasteiger partial charge in [-0.15, -0.1) is 0 Å². The molecular formula is C22H31NO5. The summed E-state index contributed by atoms with van der Waals surface area (Å²) in [6.07, 6.45) is 5.47. The summed E-state index contributed by atoms with van der Waals surface area (Å²) in [5.74, 6) is -1.95. The summed E-state index contributed by atoms with van der Waals surface area (Å²) < 4.78 is 5.64. The molecule has 28 heavy (non-hydrogen) atoms. The molecule has 0 radical (unpaired) electrons. The molecular weight excluding hydrogens is 358 g/mol. The first-order chi connectivity index (χ1) is 13.4. The zero-order valence-electron chi connectivity index (χ0n) is 16.9. The minimum absolute atomic E-state index is 0.214. The first kappa shape index (κ1) is 23.4. The lowest BCUT2D eigenvalue weighted by Crippen LogP contribution is -2.34. The summed E-state index contributed by atoms with van der Waals surface area (Å²) >= 11 is 0. The number of carboxylic acid groups (broad SMARTS) is 1. The highest BCUT2D eigenvalue weighted by Gasteiger charge is 2.28. The van der Waals surface area contributed by atoms with E-state index in [1.165, 1.54) is 6.08 Å². The second-order valence-corrected chi connectivity index (χ2v) is 6.72. The maximum atomic E-state index is 12.7. The molecule has 0 saturated heterocycles. The summed E-state index contributed by atoms with van der Waals surface area (Å²) in [6.45, 7) is 6.48. The molecule has 0 spiro atoms. The van der Waals surface area contributed by atoms with Crippen LogP contribution in [0.5, 0.6) is 0 Å². The molecule has 0 aromatic heterocycles. The van der Waals surface area contributed by atoms with E-state index in [0.717, 1.165) is 38.2 Å². The van der Waals surface area contributed by atoms with Crippen molar-refractivity contribution in [3.05, 3.63) is 41.5 Å². The monoisotopic (exact) mass is 389 g/mol. The first-order valence-electron chi connectivity index (χ1n) is 9.92. The Morgan fingerprint density at radius 2 is 1.64 bits per heavy atom. The molecule has 1 unspecified atom stereocenters. The average Bonchev–Trinajstić information content (AvgIpc) is 2.68. The third-order valence-electron chi connectivity index (χ3n) is 4.29. The van der Waals surface area contributed by atoms with Crippen molar-refractivity contribution in [2.75, 3.05) is 6.54 Å². The quantitative estimate of drug-likeness (QED) is 0.414. The summed E-state index contributed by atoms with van der Waals surface area (Å²) in [5.41, 5.74) is 1.24. The Labute approximate surface area is 167 Å². The molecule has 0 heterocycles. The van der Waals surface area contributed by atoms with Crippen LogP contribution in [0, 0.1) is 5.92 Å². The molecule has 0 aliphatic heterocycles. The van der Waals surface area contributed by atoms with Crippen LogP contribution >= 0.6 is 0 Å². The van der Waals surface area contributed by atoms with Gasteiger partial charge >= 0.3 is 11.9 Å². The van der Waals surface area contributed by atoms with Crippen molar-refractivity contribution in [2.24, 2.45) is 5.92 Å².